The van der Waals surface area contributed by atoms with Crippen molar-refractivity contribution in [3.63, 3.8) is 0 Å². The number of halogens is 2. The molecule has 5 heteroatoms. The molecular weight excluding hydrogens is 369 g/mol. The minimum atomic E-state index is -0.525. The second-order valence-electron chi connectivity index (χ2n) is 6.61. The number of rotatable bonds is 6. The largest absolute Gasteiger partial charge is 0.481 e. The van der Waals surface area contributed by atoms with Gasteiger partial charge in [-0.25, -0.2) is 0 Å². The Morgan fingerprint density at radius 2 is 1.88 bits per heavy atom. The fraction of sp³-hybridized carbons (Fsp3) is 0.381. The van der Waals surface area contributed by atoms with E-state index >= 15 is 0 Å². The van der Waals surface area contributed by atoms with Gasteiger partial charge < -0.3 is 10.1 Å². The van der Waals surface area contributed by atoms with E-state index in [4.69, 9.17) is 27.9 Å². The highest BCUT2D eigenvalue weighted by molar-refractivity contribution is 6.35. The van der Waals surface area contributed by atoms with Crippen LogP contribution in [0.1, 0.15) is 42.9 Å². The lowest BCUT2D eigenvalue weighted by Gasteiger charge is -2.20. The Bertz CT molecular complexity index is 792. The quantitative estimate of drug-likeness (QED) is 0.720. The zero-order valence-corrected chi connectivity index (χ0v) is 16.4. The standard InChI is InChI=1S/C21H23Cl2NO2/c1-2-20(21(25)24-13-16-7-9-17(22)12-19(16)23)26-18-10-8-14-5-3-4-6-15(14)11-18/h7-12,20H,2-6,13H2,1H3,(H,24,25)/t20-/m1/s1. The molecule has 3 rings (SSSR count). The van der Waals surface area contributed by atoms with Crippen molar-refractivity contribution in [1.29, 1.82) is 0 Å². The van der Waals surface area contributed by atoms with Crippen LogP contribution in [0.2, 0.25) is 10.0 Å². The molecule has 0 heterocycles. The summed E-state index contributed by atoms with van der Waals surface area (Å²) in [7, 11) is 0. The summed E-state index contributed by atoms with van der Waals surface area (Å²) in [5.41, 5.74) is 3.57. The maximum atomic E-state index is 12.5. The van der Waals surface area contributed by atoms with Gasteiger partial charge in [0.05, 0.1) is 0 Å². The lowest BCUT2D eigenvalue weighted by atomic mass is 9.92. The van der Waals surface area contributed by atoms with Crippen molar-refractivity contribution in [2.24, 2.45) is 0 Å². The van der Waals surface area contributed by atoms with Gasteiger partial charge in [-0.15, -0.1) is 0 Å². The van der Waals surface area contributed by atoms with Crippen molar-refractivity contribution in [3.05, 3.63) is 63.1 Å². The van der Waals surface area contributed by atoms with Crippen molar-refractivity contribution >= 4 is 29.1 Å². The van der Waals surface area contributed by atoms with E-state index in [0.717, 1.165) is 24.2 Å². The molecule has 3 nitrogen and oxygen atoms in total. The molecule has 1 aliphatic rings. The van der Waals surface area contributed by atoms with Gasteiger partial charge in [-0.2, -0.15) is 0 Å². The molecule has 0 spiro atoms. The Hall–Kier alpha value is -1.71. The van der Waals surface area contributed by atoms with Gasteiger partial charge in [0.1, 0.15) is 5.75 Å². The van der Waals surface area contributed by atoms with Gasteiger partial charge >= 0.3 is 0 Å². The first-order valence-electron chi connectivity index (χ1n) is 9.07. The molecule has 0 bridgehead atoms. The van der Waals surface area contributed by atoms with Gasteiger partial charge in [0.2, 0.25) is 0 Å². The molecule has 0 saturated heterocycles. The highest BCUT2D eigenvalue weighted by atomic mass is 35.5. The van der Waals surface area contributed by atoms with Gasteiger partial charge in [-0.05, 0) is 73.1 Å². The third kappa shape index (κ3) is 4.72. The Morgan fingerprint density at radius 3 is 2.62 bits per heavy atom. The van der Waals surface area contributed by atoms with Crippen LogP contribution < -0.4 is 10.1 Å². The molecule has 1 amide bonds. The average Bonchev–Trinajstić information content (AvgIpc) is 2.65. The number of carbonyl (C=O) groups is 1. The van der Waals surface area contributed by atoms with Crippen LogP contribution in [0.5, 0.6) is 5.75 Å². The third-order valence-corrected chi connectivity index (χ3v) is 5.32. The van der Waals surface area contributed by atoms with E-state index in [2.05, 4.69) is 17.4 Å². The Morgan fingerprint density at radius 1 is 1.12 bits per heavy atom. The van der Waals surface area contributed by atoms with Crippen LogP contribution in [-0.2, 0) is 24.2 Å². The molecule has 0 radical (unpaired) electrons. The maximum Gasteiger partial charge on any atom is 0.261 e. The monoisotopic (exact) mass is 391 g/mol. The minimum absolute atomic E-state index is 0.142. The van der Waals surface area contributed by atoms with E-state index in [9.17, 15) is 4.79 Å². The van der Waals surface area contributed by atoms with Crippen molar-refractivity contribution in [3.8, 4) is 5.75 Å². The fourth-order valence-electron chi connectivity index (χ4n) is 3.23. The first-order chi connectivity index (χ1) is 12.6. The van der Waals surface area contributed by atoms with Crippen LogP contribution in [0.3, 0.4) is 0 Å². The topological polar surface area (TPSA) is 38.3 Å². The van der Waals surface area contributed by atoms with E-state index in [1.165, 1.54) is 24.0 Å². The number of aryl methyl sites for hydroxylation is 2. The van der Waals surface area contributed by atoms with Crippen LogP contribution in [-0.4, -0.2) is 12.0 Å². The summed E-state index contributed by atoms with van der Waals surface area (Å²) in [5, 5.41) is 4.02. The number of amides is 1. The van der Waals surface area contributed by atoms with E-state index in [-0.39, 0.29) is 5.91 Å². The third-order valence-electron chi connectivity index (χ3n) is 4.73. The molecule has 2 aromatic carbocycles. The number of hydrogen-bond acceptors (Lipinski definition) is 2. The van der Waals surface area contributed by atoms with Crippen LogP contribution in [0, 0.1) is 0 Å². The van der Waals surface area contributed by atoms with E-state index in [1.54, 1.807) is 12.1 Å². The first-order valence-corrected chi connectivity index (χ1v) is 9.82. The second-order valence-corrected chi connectivity index (χ2v) is 7.45. The second kappa shape index (κ2) is 8.79. The van der Waals surface area contributed by atoms with Gasteiger partial charge in [-0.1, -0.05) is 42.3 Å². The SMILES string of the molecule is CC[C@@H](Oc1ccc2c(c1)CCCC2)C(=O)NCc1ccc(Cl)cc1Cl. The van der Waals surface area contributed by atoms with E-state index < -0.39 is 6.10 Å². The molecule has 0 aliphatic heterocycles. The number of nitrogens with one attached hydrogen (secondary N) is 1. The molecule has 0 saturated carbocycles. The molecule has 26 heavy (non-hydrogen) atoms. The van der Waals surface area contributed by atoms with Crippen molar-refractivity contribution in [2.75, 3.05) is 0 Å². The Balaban J connectivity index is 1.61. The lowest BCUT2D eigenvalue weighted by Crippen LogP contribution is -2.37. The predicted molar refractivity (Wildman–Crippen MR) is 106 cm³/mol. The molecular formula is C21H23Cl2NO2. The van der Waals surface area contributed by atoms with Crippen LogP contribution in [0.15, 0.2) is 36.4 Å². The average molecular weight is 392 g/mol. The molecule has 0 unspecified atom stereocenters. The molecule has 1 N–H and O–H groups in total. The van der Waals surface area contributed by atoms with Gasteiger partial charge in [0.25, 0.3) is 5.91 Å². The van der Waals surface area contributed by atoms with Crippen LogP contribution >= 0.6 is 23.2 Å². The van der Waals surface area contributed by atoms with E-state index in [1.807, 2.05) is 19.1 Å². The van der Waals surface area contributed by atoms with Crippen LogP contribution in [0.25, 0.3) is 0 Å². The minimum Gasteiger partial charge on any atom is -0.481 e. The molecule has 0 aromatic heterocycles. The summed E-state index contributed by atoms with van der Waals surface area (Å²) in [4.78, 5) is 12.5. The zero-order chi connectivity index (χ0) is 18.5. The van der Waals surface area contributed by atoms with Gasteiger partial charge in [0.15, 0.2) is 6.10 Å². The van der Waals surface area contributed by atoms with Crippen molar-refractivity contribution in [2.45, 2.75) is 51.7 Å². The Kier molecular flexibility index (Phi) is 6.44. The highest BCUT2D eigenvalue weighted by Gasteiger charge is 2.19. The summed E-state index contributed by atoms with van der Waals surface area (Å²) in [5.74, 6) is 0.619. The number of carbonyl (C=O) groups excluding carboxylic acids is 1. The van der Waals surface area contributed by atoms with Crippen LogP contribution in [0.4, 0.5) is 0 Å². The summed E-state index contributed by atoms with van der Waals surface area (Å²) in [6.45, 7) is 2.29. The number of ether oxygens (including phenoxy) is 1. The smallest absolute Gasteiger partial charge is 0.261 e. The predicted octanol–water partition coefficient (Wildman–Crippen LogP) is 5.35. The normalized spacial score (nSPS) is 14.4. The first kappa shape index (κ1) is 19.1. The van der Waals surface area contributed by atoms with Gasteiger partial charge in [0, 0.05) is 16.6 Å². The van der Waals surface area contributed by atoms with Crippen molar-refractivity contribution in [1.82, 2.24) is 5.32 Å². The van der Waals surface area contributed by atoms with E-state index in [0.29, 0.717) is 23.0 Å². The number of fused-ring (bicyclic) bond motifs is 1. The Labute approximate surface area is 164 Å². The van der Waals surface area contributed by atoms with Gasteiger partial charge in [-0.3, -0.25) is 4.79 Å². The molecule has 138 valence electrons. The molecule has 1 atom stereocenters. The number of benzene rings is 2. The molecule has 2 aromatic rings. The number of hydrogen-bond donors (Lipinski definition) is 1. The van der Waals surface area contributed by atoms with Crippen molar-refractivity contribution < 1.29 is 9.53 Å². The summed E-state index contributed by atoms with van der Waals surface area (Å²) in [6.07, 6.45) is 4.76. The lowest BCUT2D eigenvalue weighted by molar-refractivity contribution is -0.128. The molecule has 1 aliphatic carbocycles. The fourth-order valence-corrected chi connectivity index (χ4v) is 3.71. The summed E-state index contributed by atoms with van der Waals surface area (Å²) < 4.78 is 5.96. The summed E-state index contributed by atoms with van der Waals surface area (Å²) in [6, 6.07) is 11.4. The zero-order valence-electron chi connectivity index (χ0n) is 14.9. The summed E-state index contributed by atoms with van der Waals surface area (Å²) >= 11 is 12.1. The molecule has 0 fully saturated rings. The maximum absolute atomic E-state index is 12.5. The highest BCUT2D eigenvalue weighted by Crippen LogP contribution is 2.26.